The highest BCUT2D eigenvalue weighted by atomic mass is 15.3. The van der Waals surface area contributed by atoms with Gasteiger partial charge in [-0.2, -0.15) is 5.10 Å². The summed E-state index contributed by atoms with van der Waals surface area (Å²) in [5, 5.41) is 7.87. The number of nitrogens with one attached hydrogen (secondary N) is 1. The van der Waals surface area contributed by atoms with Gasteiger partial charge in [-0.1, -0.05) is 12.1 Å². The third-order valence-electron chi connectivity index (χ3n) is 3.40. The molecular formula is C14H17N3. The van der Waals surface area contributed by atoms with E-state index in [-0.39, 0.29) is 0 Å². The second kappa shape index (κ2) is 4.34. The molecule has 0 spiro atoms. The van der Waals surface area contributed by atoms with Crippen LogP contribution in [0, 0.1) is 6.92 Å². The molecule has 1 saturated heterocycles. The number of aryl methyl sites for hydroxylation is 1. The Balaban J connectivity index is 2.00. The summed E-state index contributed by atoms with van der Waals surface area (Å²) in [5.41, 5.74) is 3.76. The zero-order chi connectivity index (χ0) is 11.7. The van der Waals surface area contributed by atoms with Crippen LogP contribution in [0.25, 0.3) is 5.69 Å². The first-order valence-corrected chi connectivity index (χ1v) is 6.16. The number of hydrogen-bond acceptors (Lipinski definition) is 2. The van der Waals surface area contributed by atoms with Crippen molar-refractivity contribution in [1.82, 2.24) is 15.1 Å². The van der Waals surface area contributed by atoms with Crippen molar-refractivity contribution in [2.24, 2.45) is 0 Å². The molecule has 3 heteroatoms. The van der Waals surface area contributed by atoms with Gasteiger partial charge < -0.3 is 5.32 Å². The fraction of sp³-hybridized carbons (Fsp3) is 0.357. The monoisotopic (exact) mass is 227 g/mol. The Morgan fingerprint density at radius 1 is 1.35 bits per heavy atom. The first-order chi connectivity index (χ1) is 8.34. The zero-order valence-corrected chi connectivity index (χ0v) is 10.1. The highest BCUT2D eigenvalue weighted by Gasteiger charge is 2.20. The van der Waals surface area contributed by atoms with Crippen LogP contribution < -0.4 is 5.32 Å². The summed E-state index contributed by atoms with van der Waals surface area (Å²) in [6, 6.07) is 10.6. The minimum Gasteiger partial charge on any atom is -0.316 e. The average Bonchev–Trinajstić information content (AvgIpc) is 3.00. The molecule has 2 heterocycles. The lowest BCUT2D eigenvalue weighted by molar-refractivity contribution is 0.683. The van der Waals surface area contributed by atoms with E-state index in [0.29, 0.717) is 5.92 Å². The van der Waals surface area contributed by atoms with Crippen LogP contribution in [0.2, 0.25) is 0 Å². The molecule has 3 nitrogen and oxygen atoms in total. The second-order valence-corrected chi connectivity index (χ2v) is 4.70. The molecule has 0 radical (unpaired) electrons. The summed E-state index contributed by atoms with van der Waals surface area (Å²) in [6.07, 6.45) is 3.10. The Kier molecular flexibility index (Phi) is 2.69. The van der Waals surface area contributed by atoms with Gasteiger partial charge in [0, 0.05) is 24.4 Å². The minimum absolute atomic E-state index is 0.595. The maximum atomic E-state index is 4.46. The molecule has 1 atom stereocenters. The minimum atomic E-state index is 0.595. The molecule has 1 aromatic heterocycles. The van der Waals surface area contributed by atoms with Gasteiger partial charge in [0.15, 0.2) is 0 Å². The van der Waals surface area contributed by atoms with Crippen LogP contribution in [0.15, 0.2) is 36.5 Å². The standard InChI is InChI=1S/C14H17N3/c1-11-3-2-4-13(9-11)17-14(6-8-16-17)12-5-7-15-10-12/h2-4,6,8-9,12,15H,5,7,10H2,1H3. The molecule has 1 aromatic carbocycles. The number of benzene rings is 1. The van der Waals surface area contributed by atoms with Crippen molar-refractivity contribution in [1.29, 1.82) is 0 Å². The van der Waals surface area contributed by atoms with Crippen molar-refractivity contribution in [3.63, 3.8) is 0 Å². The van der Waals surface area contributed by atoms with Crippen LogP contribution >= 0.6 is 0 Å². The van der Waals surface area contributed by atoms with Crippen molar-refractivity contribution in [2.75, 3.05) is 13.1 Å². The van der Waals surface area contributed by atoms with Crippen LogP contribution in [-0.2, 0) is 0 Å². The van der Waals surface area contributed by atoms with E-state index in [1.807, 2.05) is 6.20 Å². The van der Waals surface area contributed by atoms with Gasteiger partial charge in [-0.25, -0.2) is 4.68 Å². The Hall–Kier alpha value is -1.61. The highest BCUT2D eigenvalue weighted by molar-refractivity contribution is 5.37. The predicted molar refractivity (Wildman–Crippen MR) is 68.5 cm³/mol. The molecule has 1 N–H and O–H groups in total. The summed E-state index contributed by atoms with van der Waals surface area (Å²) in [5.74, 6) is 0.595. The van der Waals surface area contributed by atoms with Crippen molar-refractivity contribution >= 4 is 0 Å². The molecule has 3 rings (SSSR count). The second-order valence-electron chi connectivity index (χ2n) is 4.70. The Morgan fingerprint density at radius 3 is 3.06 bits per heavy atom. The van der Waals surface area contributed by atoms with E-state index in [0.717, 1.165) is 18.8 Å². The molecule has 2 aromatic rings. The molecule has 1 fully saturated rings. The van der Waals surface area contributed by atoms with Gasteiger partial charge in [0.1, 0.15) is 0 Å². The van der Waals surface area contributed by atoms with Gasteiger partial charge in [-0.15, -0.1) is 0 Å². The van der Waals surface area contributed by atoms with Crippen molar-refractivity contribution < 1.29 is 0 Å². The molecular weight excluding hydrogens is 210 g/mol. The Morgan fingerprint density at radius 2 is 2.29 bits per heavy atom. The number of rotatable bonds is 2. The van der Waals surface area contributed by atoms with Gasteiger partial charge in [-0.3, -0.25) is 0 Å². The van der Waals surface area contributed by atoms with Crippen LogP contribution in [0.4, 0.5) is 0 Å². The van der Waals surface area contributed by atoms with E-state index < -0.39 is 0 Å². The third-order valence-corrected chi connectivity index (χ3v) is 3.40. The van der Waals surface area contributed by atoms with Gasteiger partial charge >= 0.3 is 0 Å². The van der Waals surface area contributed by atoms with Gasteiger partial charge in [-0.05, 0) is 43.7 Å². The first-order valence-electron chi connectivity index (χ1n) is 6.16. The van der Waals surface area contributed by atoms with Crippen LogP contribution in [-0.4, -0.2) is 22.9 Å². The molecule has 0 bridgehead atoms. The van der Waals surface area contributed by atoms with E-state index in [1.54, 1.807) is 0 Å². The van der Waals surface area contributed by atoms with Gasteiger partial charge in [0.25, 0.3) is 0 Å². The predicted octanol–water partition coefficient (Wildman–Crippen LogP) is 2.26. The van der Waals surface area contributed by atoms with E-state index in [4.69, 9.17) is 0 Å². The highest BCUT2D eigenvalue weighted by Crippen LogP contribution is 2.24. The van der Waals surface area contributed by atoms with Crippen molar-refractivity contribution in [3.8, 4) is 5.69 Å². The maximum Gasteiger partial charge on any atom is 0.0651 e. The summed E-state index contributed by atoms with van der Waals surface area (Å²) < 4.78 is 2.07. The lowest BCUT2D eigenvalue weighted by Crippen LogP contribution is -2.11. The summed E-state index contributed by atoms with van der Waals surface area (Å²) >= 11 is 0. The van der Waals surface area contributed by atoms with Crippen molar-refractivity contribution in [2.45, 2.75) is 19.3 Å². The SMILES string of the molecule is Cc1cccc(-n2nccc2C2CCNC2)c1. The first kappa shape index (κ1) is 10.5. The third kappa shape index (κ3) is 1.98. The molecule has 88 valence electrons. The number of aromatic nitrogens is 2. The molecule has 0 aliphatic carbocycles. The maximum absolute atomic E-state index is 4.46. The smallest absolute Gasteiger partial charge is 0.0651 e. The van der Waals surface area contributed by atoms with Crippen LogP contribution in [0.3, 0.4) is 0 Å². The summed E-state index contributed by atoms with van der Waals surface area (Å²) in [7, 11) is 0. The fourth-order valence-electron chi connectivity index (χ4n) is 2.51. The molecule has 1 aliphatic heterocycles. The number of hydrogen-bond donors (Lipinski definition) is 1. The molecule has 1 unspecified atom stereocenters. The van der Waals surface area contributed by atoms with E-state index in [1.165, 1.54) is 17.7 Å². The fourth-order valence-corrected chi connectivity index (χ4v) is 2.51. The lowest BCUT2D eigenvalue weighted by atomic mass is 10.0. The van der Waals surface area contributed by atoms with Crippen molar-refractivity contribution in [3.05, 3.63) is 47.8 Å². The van der Waals surface area contributed by atoms with E-state index in [9.17, 15) is 0 Å². The van der Waals surface area contributed by atoms with Crippen LogP contribution in [0.1, 0.15) is 23.6 Å². The Bertz CT molecular complexity index is 510. The quantitative estimate of drug-likeness (QED) is 0.853. The summed E-state index contributed by atoms with van der Waals surface area (Å²) in [4.78, 5) is 0. The van der Waals surface area contributed by atoms with E-state index >= 15 is 0 Å². The molecule has 17 heavy (non-hydrogen) atoms. The van der Waals surface area contributed by atoms with Crippen LogP contribution in [0.5, 0.6) is 0 Å². The normalized spacial score (nSPS) is 19.7. The van der Waals surface area contributed by atoms with E-state index in [2.05, 4.69) is 52.4 Å². The van der Waals surface area contributed by atoms with Gasteiger partial charge in [0.2, 0.25) is 0 Å². The Labute approximate surface area is 101 Å². The average molecular weight is 227 g/mol. The zero-order valence-electron chi connectivity index (χ0n) is 10.1. The largest absolute Gasteiger partial charge is 0.316 e. The molecule has 0 saturated carbocycles. The van der Waals surface area contributed by atoms with Gasteiger partial charge in [0.05, 0.1) is 5.69 Å². The molecule has 0 amide bonds. The number of nitrogens with zero attached hydrogens (tertiary/aromatic N) is 2. The lowest BCUT2D eigenvalue weighted by Gasteiger charge is -2.12. The topological polar surface area (TPSA) is 29.9 Å². The molecule has 1 aliphatic rings. The summed E-state index contributed by atoms with van der Waals surface area (Å²) in [6.45, 7) is 4.30.